The van der Waals surface area contributed by atoms with Crippen molar-refractivity contribution in [3.63, 3.8) is 0 Å². The Labute approximate surface area is 93.9 Å². The van der Waals surface area contributed by atoms with Crippen molar-refractivity contribution in [3.05, 3.63) is 22.2 Å². The van der Waals surface area contributed by atoms with Gasteiger partial charge in [-0.25, -0.2) is 4.98 Å². The van der Waals surface area contributed by atoms with Gasteiger partial charge < -0.3 is 15.4 Å². The van der Waals surface area contributed by atoms with Crippen molar-refractivity contribution < 1.29 is 5.11 Å². The molecule has 88 valence electrons. The summed E-state index contributed by atoms with van der Waals surface area (Å²) in [6, 6.07) is 1.70. The molecule has 1 aromatic rings. The zero-order valence-corrected chi connectivity index (χ0v) is 9.53. The van der Waals surface area contributed by atoms with Crippen LogP contribution in [0.3, 0.4) is 0 Å². The van der Waals surface area contributed by atoms with E-state index in [1.165, 1.54) is 6.07 Å². The second-order valence-corrected chi connectivity index (χ2v) is 4.64. The van der Waals surface area contributed by atoms with E-state index in [-0.39, 0.29) is 23.6 Å². The van der Waals surface area contributed by atoms with Crippen LogP contribution in [0.1, 0.15) is 38.4 Å². The molecule has 16 heavy (non-hydrogen) atoms. The van der Waals surface area contributed by atoms with Gasteiger partial charge in [0.05, 0.1) is 6.10 Å². The molecule has 3 N–H and O–H groups in total. The van der Waals surface area contributed by atoms with E-state index < -0.39 is 0 Å². The number of H-pyrrole nitrogens is 1. The summed E-state index contributed by atoms with van der Waals surface area (Å²) in [5.74, 6) is 1.49. The van der Waals surface area contributed by atoms with Gasteiger partial charge in [-0.15, -0.1) is 0 Å². The minimum Gasteiger partial charge on any atom is -0.393 e. The molecule has 0 aliphatic heterocycles. The smallest absolute Gasteiger partial charge is 0.252 e. The molecule has 0 atom stereocenters. The summed E-state index contributed by atoms with van der Waals surface area (Å²) in [6.07, 6.45) is 1.25. The lowest BCUT2D eigenvalue weighted by Crippen LogP contribution is -2.39. The quantitative estimate of drug-likeness (QED) is 0.709. The van der Waals surface area contributed by atoms with Crippen LogP contribution in [-0.2, 0) is 0 Å². The Kier molecular flexibility index (Phi) is 2.96. The number of hydrogen-bond acceptors (Lipinski definition) is 4. The van der Waals surface area contributed by atoms with Crippen molar-refractivity contribution in [1.29, 1.82) is 0 Å². The number of aromatic amines is 1. The highest BCUT2D eigenvalue weighted by atomic mass is 16.3. The zero-order valence-electron chi connectivity index (χ0n) is 9.53. The van der Waals surface area contributed by atoms with Gasteiger partial charge >= 0.3 is 0 Å². The topological polar surface area (TPSA) is 78.0 Å². The minimum atomic E-state index is -0.205. The summed E-state index contributed by atoms with van der Waals surface area (Å²) < 4.78 is 0. The highest BCUT2D eigenvalue weighted by Crippen LogP contribution is 2.23. The van der Waals surface area contributed by atoms with E-state index in [1.807, 2.05) is 13.8 Å². The molecule has 0 spiro atoms. The van der Waals surface area contributed by atoms with Gasteiger partial charge in [-0.05, 0) is 12.8 Å². The Hall–Kier alpha value is -1.36. The first kappa shape index (κ1) is 11.1. The number of nitrogens with one attached hydrogen (secondary N) is 2. The maximum atomic E-state index is 11.4. The molecule has 1 heterocycles. The van der Waals surface area contributed by atoms with Crippen LogP contribution in [0, 0.1) is 0 Å². The maximum Gasteiger partial charge on any atom is 0.252 e. The molecular formula is C11H17N3O2. The van der Waals surface area contributed by atoms with E-state index in [4.69, 9.17) is 5.11 Å². The molecule has 0 saturated heterocycles. The van der Waals surface area contributed by atoms with Crippen LogP contribution in [0.15, 0.2) is 10.9 Å². The van der Waals surface area contributed by atoms with E-state index in [0.29, 0.717) is 11.6 Å². The maximum absolute atomic E-state index is 11.4. The third kappa shape index (κ3) is 2.41. The largest absolute Gasteiger partial charge is 0.393 e. The Morgan fingerprint density at radius 3 is 2.81 bits per heavy atom. The third-order valence-electron chi connectivity index (χ3n) is 2.77. The van der Waals surface area contributed by atoms with E-state index in [1.54, 1.807) is 0 Å². The molecule has 0 bridgehead atoms. The van der Waals surface area contributed by atoms with Crippen LogP contribution < -0.4 is 10.9 Å². The Bertz CT molecular complexity index is 421. The van der Waals surface area contributed by atoms with E-state index >= 15 is 0 Å². The predicted molar refractivity (Wildman–Crippen MR) is 61.6 cm³/mol. The molecule has 5 nitrogen and oxygen atoms in total. The number of rotatable bonds is 3. The molecule has 1 aliphatic carbocycles. The number of nitrogens with zero attached hydrogens (tertiary/aromatic N) is 1. The molecule has 1 fully saturated rings. The molecule has 1 aromatic heterocycles. The third-order valence-corrected chi connectivity index (χ3v) is 2.77. The molecule has 5 heteroatoms. The molecule has 1 saturated carbocycles. The zero-order chi connectivity index (χ0) is 11.7. The van der Waals surface area contributed by atoms with Gasteiger partial charge in [0, 0.05) is 18.0 Å². The van der Waals surface area contributed by atoms with Crippen molar-refractivity contribution in [3.8, 4) is 0 Å². The fourth-order valence-electron chi connectivity index (χ4n) is 1.74. The summed E-state index contributed by atoms with van der Waals surface area (Å²) in [4.78, 5) is 18.4. The van der Waals surface area contributed by atoms with Gasteiger partial charge in [0.1, 0.15) is 11.6 Å². The van der Waals surface area contributed by atoms with E-state index in [9.17, 15) is 4.79 Å². The highest BCUT2D eigenvalue weighted by molar-refractivity contribution is 5.35. The van der Waals surface area contributed by atoms with Gasteiger partial charge in [0.2, 0.25) is 0 Å². The standard InChI is InChI=1S/C11H17N3O2/c1-6(2)11-13-9(5-10(16)14-11)12-7-3-8(15)4-7/h5-8,15H,3-4H2,1-2H3,(H2,12,13,14,16). The SMILES string of the molecule is CC(C)c1nc(NC2CC(O)C2)cc(=O)[nH]1. The molecule has 0 radical (unpaired) electrons. The van der Waals surface area contributed by atoms with Gasteiger partial charge in [0.25, 0.3) is 5.56 Å². The van der Waals surface area contributed by atoms with Crippen molar-refractivity contribution in [1.82, 2.24) is 9.97 Å². The number of anilines is 1. The number of aliphatic hydroxyl groups is 1. The second kappa shape index (κ2) is 4.25. The molecule has 0 unspecified atom stereocenters. The van der Waals surface area contributed by atoms with Crippen LogP contribution in [0.2, 0.25) is 0 Å². The average Bonchev–Trinajstić information content (AvgIpc) is 2.14. The number of aliphatic hydroxyl groups excluding tert-OH is 1. The highest BCUT2D eigenvalue weighted by Gasteiger charge is 2.27. The Balaban J connectivity index is 2.11. The lowest BCUT2D eigenvalue weighted by molar-refractivity contribution is 0.0835. The lowest BCUT2D eigenvalue weighted by atomic mass is 9.89. The summed E-state index contributed by atoms with van der Waals surface area (Å²) in [7, 11) is 0. The molecular weight excluding hydrogens is 206 g/mol. The van der Waals surface area contributed by atoms with Crippen molar-refractivity contribution in [2.45, 2.75) is 44.8 Å². The first-order valence-corrected chi connectivity index (χ1v) is 5.60. The minimum absolute atomic E-state index is 0.138. The van der Waals surface area contributed by atoms with Crippen LogP contribution in [0.4, 0.5) is 5.82 Å². The summed E-state index contributed by atoms with van der Waals surface area (Å²) in [5, 5.41) is 12.3. The second-order valence-electron chi connectivity index (χ2n) is 4.64. The monoisotopic (exact) mass is 223 g/mol. The predicted octanol–water partition coefficient (Wildman–Crippen LogP) is 0.828. The first-order valence-electron chi connectivity index (χ1n) is 5.60. The summed E-state index contributed by atoms with van der Waals surface area (Å²) >= 11 is 0. The van der Waals surface area contributed by atoms with E-state index in [2.05, 4.69) is 15.3 Å². The van der Waals surface area contributed by atoms with E-state index in [0.717, 1.165) is 12.8 Å². The van der Waals surface area contributed by atoms with Crippen LogP contribution in [0.5, 0.6) is 0 Å². The van der Waals surface area contributed by atoms with Gasteiger partial charge in [0.15, 0.2) is 0 Å². The Morgan fingerprint density at radius 1 is 1.56 bits per heavy atom. The van der Waals surface area contributed by atoms with Crippen molar-refractivity contribution in [2.24, 2.45) is 0 Å². The van der Waals surface area contributed by atoms with Crippen LogP contribution in [0.25, 0.3) is 0 Å². The summed E-state index contributed by atoms with van der Waals surface area (Å²) in [5.41, 5.74) is -0.138. The molecule has 0 aromatic carbocycles. The Morgan fingerprint density at radius 2 is 2.25 bits per heavy atom. The van der Waals surface area contributed by atoms with Gasteiger partial charge in [-0.3, -0.25) is 4.79 Å². The fourth-order valence-corrected chi connectivity index (χ4v) is 1.74. The van der Waals surface area contributed by atoms with Crippen LogP contribution in [-0.4, -0.2) is 27.2 Å². The molecule has 2 rings (SSSR count). The van der Waals surface area contributed by atoms with Gasteiger partial charge in [-0.1, -0.05) is 13.8 Å². The average molecular weight is 223 g/mol. The number of aromatic nitrogens is 2. The van der Waals surface area contributed by atoms with Gasteiger partial charge in [-0.2, -0.15) is 0 Å². The van der Waals surface area contributed by atoms with Crippen LogP contribution >= 0.6 is 0 Å². The summed E-state index contributed by atoms with van der Waals surface area (Å²) in [6.45, 7) is 3.96. The normalized spacial score (nSPS) is 24.2. The van der Waals surface area contributed by atoms with Crippen molar-refractivity contribution >= 4 is 5.82 Å². The molecule has 0 amide bonds. The fraction of sp³-hybridized carbons (Fsp3) is 0.636. The number of hydrogen-bond donors (Lipinski definition) is 3. The first-order chi connectivity index (χ1) is 7.54. The lowest BCUT2D eigenvalue weighted by Gasteiger charge is -2.32. The van der Waals surface area contributed by atoms with Crippen molar-refractivity contribution in [2.75, 3.05) is 5.32 Å². The molecule has 1 aliphatic rings.